The van der Waals surface area contributed by atoms with E-state index in [9.17, 15) is 10.2 Å². The lowest BCUT2D eigenvalue weighted by Gasteiger charge is -2.23. The summed E-state index contributed by atoms with van der Waals surface area (Å²) in [5, 5.41) is 22.7. The second kappa shape index (κ2) is 6.29. The van der Waals surface area contributed by atoms with E-state index in [4.69, 9.17) is 5.73 Å². The maximum atomic E-state index is 9.85. The molecule has 0 spiro atoms. The molecule has 1 heterocycles. The van der Waals surface area contributed by atoms with Gasteiger partial charge in [-0.15, -0.1) is 0 Å². The molecule has 4 nitrogen and oxygen atoms in total. The summed E-state index contributed by atoms with van der Waals surface area (Å²) in [6.45, 7) is 2.21. The largest absolute Gasteiger partial charge is 0.389 e. The van der Waals surface area contributed by atoms with Gasteiger partial charge in [-0.2, -0.15) is 0 Å². The zero-order valence-corrected chi connectivity index (χ0v) is 10.5. The SMILES string of the molecule is NCC(O)C(O)c1ccc(C2CCNCC2)cc1. The van der Waals surface area contributed by atoms with Gasteiger partial charge in [0.2, 0.25) is 0 Å². The Labute approximate surface area is 108 Å². The predicted molar refractivity (Wildman–Crippen MR) is 71.3 cm³/mol. The molecule has 1 saturated heterocycles. The number of rotatable bonds is 4. The van der Waals surface area contributed by atoms with Crippen molar-refractivity contribution in [1.82, 2.24) is 5.32 Å². The third kappa shape index (κ3) is 3.09. The van der Waals surface area contributed by atoms with E-state index in [2.05, 4.69) is 17.4 Å². The zero-order valence-electron chi connectivity index (χ0n) is 10.5. The molecule has 2 unspecified atom stereocenters. The Morgan fingerprint density at radius 3 is 2.33 bits per heavy atom. The van der Waals surface area contributed by atoms with Gasteiger partial charge in [-0.25, -0.2) is 0 Å². The van der Waals surface area contributed by atoms with E-state index in [1.54, 1.807) is 0 Å². The van der Waals surface area contributed by atoms with Crippen LogP contribution in [0.2, 0.25) is 0 Å². The second-order valence-corrected chi connectivity index (χ2v) is 4.94. The van der Waals surface area contributed by atoms with Crippen molar-refractivity contribution in [3.05, 3.63) is 35.4 Å². The molecule has 1 aromatic carbocycles. The van der Waals surface area contributed by atoms with Crippen LogP contribution in [0, 0.1) is 0 Å². The van der Waals surface area contributed by atoms with E-state index in [0.29, 0.717) is 5.92 Å². The Hall–Kier alpha value is -0.940. The molecule has 5 N–H and O–H groups in total. The van der Waals surface area contributed by atoms with Crippen LogP contribution in [-0.2, 0) is 0 Å². The number of aliphatic hydroxyl groups is 2. The summed E-state index contributed by atoms with van der Waals surface area (Å²) in [6, 6.07) is 7.89. The third-order valence-corrected chi connectivity index (χ3v) is 3.69. The summed E-state index contributed by atoms with van der Waals surface area (Å²) in [5.74, 6) is 0.608. The lowest BCUT2D eigenvalue weighted by atomic mass is 9.89. The molecule has 2 rings (SSSR count). The number of hydrogen-bond acceptors (Lipinski definition) is 4. The van der Waals surface area contributed by atoms with Gasteiger partial charge in [0.25, 0.3) is 0 Å². The summed E-state index contributed by atoms with van der Waals surface area (Å²) < 4.78 is 0. The van der Waals surface area contributed by atoms with Crippen LogP contribution in [0.4, 0.5) is 0 Å². The van der Waals surface area contributed by atoms with E-state index in [-0.39, 0.29) is 6.54 Å². The molecule has 0 aromatic heterocycles. The molecule has 0 radical (unpaired) electrons. The molecule has 0 bridgehead atoms. The Kier molecular flexibility index (Phi) is 4.72. The highest BCUT2D eigenvalue weighted by Crippen LogP contribution is 2.26. The summed E-state index contributed by atoms with van der Waals surface area (Å²) in [7, 11) is 0. The molecule has 1 fully saturated rings. The van der Waals surface area contributed by atoms with Gasteiger partial charge in [-0.1, -0.05) is 24.3 Å². The standard InChI is InChI=1S/C14H22N2O2/c15-9-13(17)14(18)12-3-1-10(2-4-12)11-5-7-16-8-6-11/h1-4,11,13-14,16-18H,5-9,15H2. The molecule has 1 aliphatic heterocycles. The van der Waals surface area contributed by atoms with Crippen LogP contribution in [0.25, 0.3) is 0 Å². The quantitative estimate of drug-likeness (QED) is 0.628. The molecule has 0 saturated carbocycles. The number of piperidine rings is 1. The highest BCUT2D eigenvalue weighted by molar-refractivity contribution is 5.27. The maximum absolute atomic E-state index is 9.85. The monoisotopic (exact) mass is 250 g/mol. The summed E-state index contributed by atoms with van der Waals surface area (Å²) in [6.07, 6.45) is 0.535. The second-order valence-electron chi connectivity index (χ2n) is 4.94. The average Bonchev–Trinajstić information content (AvgIpc) is 2.47. The minimum atomic E-state index is -0.894. The van der Waals surface area contributed by atoms with Crippen molar-refractivity contribution < 1.29 is 10.2 Å². The first-order chi connectivity index (χ1) is 8.72. The molecule has 4 heteroatoms. The fraction of sp³-hybridized carbons (Fsp3) is 0.571. The van der Waals surface area contributed by atoms with E-state index in [0.717, 1.165) is 31.5 Å². The van der Waals surface area contributed by atoms with Crippen molar-refractivity contribution in [2.75, 3.05) is 19.6 Å². The average molecular weight is 250 g/mol. The molecule has 1 aromatic rings. The topological polar surface area (TPSA) is 78.5 Å². The summed E-state index contributed by atoms with van der Waals surface area (Å²) >= 11 is 0. The first-order valence-electron chi connectivity index (χ1n) is 6.59. The molecule has 100 valence electrons. The van der Waals surface area contributed by atoms with Crippen molar-refractivity contribution in [3.63, 3.8) is 0 Å². The molecule has 18 heavy (non-hydrogen) atoms. The molecular weight excluding hydrogens is 228 g/mol. The Morgan fingerprint density at radius 1 is 1.17 bits per heavy atom. The molecule has 0 aliphatic carbocycles. The van der Waals surface area contributed by atoms with Gasteiger partial charge in [0, 0.05) is 6.54 Å². The normalized spacial score (nSPS) is 20.6. The molecule has 2 atom stereocenters. The fourth-order valence-corrected chi connectivity index (χ4v) is 2.47. The Bertz CT molecular complexity index is 340. The van der Waals surface area contributed by atoms with Crippen molar-refractivity contribution in [3.8, 4) is 0 Å². The van der Waals surface area contributed by atoms with Crippen LogP contribution in [0.1, 0.15) is 36.0 Å². The van der Waals surface area contributed by atoms with E-state index in [1.807, 2.05) is 12.1 Å². The van der Waals surface area contributed by atoms with Crippen LogP contribution < -0.4 is 11.1 Å². The Balaban J connectivity index is 2.04. The highest BCUT2D eigenvalue weighted by atomic mass is 16.3. The van der Waals surface area contributed by atoms with Crippen LogP contribution in [0.5, 0.6) is 0 Å². The predicted octanol–water partition coefficient (Wildman–Crippen LogP) is 0.507. The first kappa shape index (κ1) is 13.5. The number of nitrogens with one attached hydrogen (secondary N) is 1. The minimum absolute atomic E-state index is 0.0667. The Morgan fingerprint density at radius 2 is 1.78 bits per heavy atom. The smallest absolute Gasteiger partial charge is 0.106 e. The number of hydrogen-bond donors (Lipinski definition) is 4. The molecular formula is C14H22N2O2. The van der Waals surface area contributed by atoms with Crippen molar-refractivity contribution >= 4 is 0 Å². The number of nitrogens with two attached hydrogens (primary N) is 1. The summed E-state index contributed by atoms with van der Waals surface area (Å²) in [4.78, 5) is 0. The first-order valence-corrected chi connectivity index (χ1v) is 6.59. The van der Waals surface area contributed by atoms with Crippen LogP contribution in [0.15, 0.2) is 24.3 Å². The minimum Gasteiger partial charge on any atom is -0.389 e. The van der Waals surface area contributed by atoms with Gasteiger partial charge in [-0.05, 0) is 43.0 Å². The highest BCUT2D eigenvalue weighted by Gasteiger charge is 2.18. The van der Waals surface area contributed by atoms with Gasteiger partial charge in [0.05, 0.1) is 6.10 Å². The maximum Gasteiger partial charge on any atom is 0.106 e. The van der Waals surface area contributed by atoms with Crippen LogP contribution in [-0.4, -0.2) is 36.0 Å². The van der Waals surface area contributed by atoms with Crippen LogP contribution >= 0.6 is 0 Å². The molecule has 1 aliphatic rings. The van der Waals surface area contributed by atoms with Gasteiger partial charge in [0.15, 0.2) is 0 Å². The number of benzene rings is 1. The van der Waals surface area contributed by atoms with Crippen molar-refractivity contribution in [1.29, 1.82) is 0 Å². The lowest BCUT2D eigenvalue weighted by molar-refractivity contribution is 0.0243. The number of aliphatic hydroxyl groups excluding tert-OH is 2. The van der Waals surface area contributed by atoms with E-state index in [1.165, 1.54) is 5.56 Å². The lowest BCUT2D eigenvalue weighted by Crippen LogP contribution is -2.27. The third-order valence-electron chi connectivity index (χ3n) is 3.69. The van der Waals surface area contributed by atoms with Gasteiger partial charge in [0.1, 0.15) is 6.10 Å². The van der Waals surface area contributed by atoms with Gasteiger partial charge >= 0.3 is 0 Å². The van der Waals surface area contributed by atoms with Crippen molar-refractivity contribution in [2.45, 2.75) is 31.0 Å². The zero-order chi connectivity index (χ0) is 13.0. The van der Waals surface area contributed by atoms with E-state index >= 15 is 0 Å². The van der Waals surface area contributed by atoms with Gasteiger partial charge in [-0.3, -0.25) is 0 Å². The molecule has 0 amide bonds. The van der Waals surface area contributed by atoms with Gasteiger partial charge < -0.3 is 21.3 Å². The van der Waals surface area contributed by atoms with Crippen molar-refractivity contribution in [2.24, 2.45) is 5.73 Å². The van der Waals surface area contributed by atoms with Crippen LogP contribution in [0.3, 0.4) is 0 Å². The summed E-state index contributed by atoms with van der Waals surface area (Å²) in [5.41, 5.74) is 7.38. The fourth-order valence-electron chi connectivity index (χ4n) is 2.47. The van der Waals surface area contributed by atoms with E-state index < -0.39 is 12.2 Å².